The Balaban J connectivity index is 0.000000322. The molecule has 2 N–H and O–H groups in total. The quantitative estimate of drug-likeness (QED) is 0.902. The summed E-state index contributed by atoms with van der Waals surface area (Å²) in [5.41, 5.74) is 1.22. The lowest BCUT2D eigenvalue weighted by Crippen LogP contribution is -2.21. The lowest BCUT2D eigenvalue weighted by molar-refractivity contribution is -0.192. The molecular weight excluding hydrogens is 317 g/mol. The fourth-order valence-electron chi connectivity index (χ4n) is 1.55. The average Bonchev–Trinajstić information content (AvgIpc) is 2.81. The third-order valence-corrected chi connectivity index (χ3v) is 2.63. The van der Waals surface area contributed by atoms with E-state index in [0.29, 0.717) is 12.4 Å². The van der Waals surface area contributed by atoms with Gasteiger partial charge >= 0.3 is 18.1 Å². The summed E-state index contributed by atoms with van der Waals surface area (Å²) in [5, 5.41) is 15.9. The second kappa shape index (κ2) is 7.43. The summed E-state index contributed by atoms with van der Waals surface area (Å²) in [7, 11) is 0. The highest BCUT2D eigenvalue weighted by Gasteiger charge is 2.38. The van der Waals surface area contributed by atoms with Crippen LogP contribution in [0.15, 0.2) is 36.5 Å². The van der Waals surface area contributed by atoms with Crippen LogP contribution in [0.3, 0.4) is 0 Å². The van der Waals surface area contributed by atoms with E-state index in [0.717, 1.165) is 5.56 Å². The molecular formula is C14H13F3N2O4. The Kier molecular flexibility index (Phi) is 5.88. The Labute approximate surface area is 128 Å². The first-order valence-electron chi connectivity index (χ1n) is 6.22. The highest BCUT2D eigenvalue weighted by atomic mass is 19.4. The largest absolute Gasteiger partial charge is 0.490 e. The minimum atomic E-state index is -5.08. The van der Waals surface area contributed by atoms with E-state index in [-0.39, 0.29) is 5.69 Å². The van der Waals surface area contributed by atoms with Crippen LogP contribution in [0.2, 0.25) is 0 Å². The molecule has 0 unspecified atom stereocenters. The number of aliphatic carboxylic acids is 1. The molecule has 1 aromatic carbocycles. The van der Waals surface area contributed by atoms with E-state index < -0.39 is 18.1 Å². The zero-order valence-electron chi connectivity index (χ0n) is 11.9. The molecule has 0 radical (unpaired) electrons. The number of aryl methyl sites for hydroxylation is 1. The minimum absolute atomic E-state index is 0.0911. The van der Waals surface area contributed by atoms with Gasteiger partial charge in [0.2, 0.25) is 0 Å². The minimum Gasteiger partial charge on any atom is -0.476 e. The van der Waals surface area contributed by atoms with E-state index in [9.17, 15) is 18.0 Å². The lowest BCUT2D eigenvalue weighted by atomic mass is 10.2. The van der Waals surface area contributed by atoms with Gasteiger partial charge < -0.3 is 14.8 Å². The molecule has 1 aromatic heterocycles. The SMILES string of the molecule is Cc1nc(C(=O)O)cn1Cc1ccccc1.O=C(O)C(F)(F)F. The van der Waals surface area contributed by atoms with Gasteiger partial charge in [-0.2, -0.15) is 13.2 Å². The first kappa shape index (κ1) is 18.2. The Morgan fingerprint density at radius 3 is 2.09 bits per heavy atom. The third kappa shape index (κ3) is 5.81. The maximum absolute atomic E-state index is 10.7. The number of alkyl halides is 3. The summed E-state index contributed by atoms with van der Waals surface area (Å²) in [6, 6.07) is 9.87. The van der Waals surface area contributed by atoms with Crippen molar-refractivity contribution in [3.63, 3.8) is 0 Å². The number of carboxylic acids is 2. The summed E-state index contributed by atoms with van der Waals surface area (Å²) in [5.74, 6) is -3.04. The molecule has 0 bridgehead atoms. The topological polar surface area (TPSA) is 92.4 Å². The van der Waals surface area contributed by atoms with Crippen molar-refractivity contribution >= 4 is 11.9 Å². The number of carboxylic acid groups (broad SMARTS) is 2. The Bertz CT molecular complexity index is 681. The van der Waals surface area contributed by atoms with Crippen molar-refractivity contribution in [2.45, 2.75) is 19.6 Å². The second-order valence-electron chi connectivity index (χ2n) is 4.39. The van der Waals surface area contributed by atoms with E-state index >= 15 is 0 Å². The fourth-order valence-corrected chi connectivity index (χ4v) is 1.55. The van der Waals surface area contributed by atoms with Gasteiger partial charge in [0.1, 0.15) is 5.82 Å². The van der Waals surface area contributed by atoms with Gasteiger partial charge in [-0.25, -0.2) is 14.6 Å². The first-order valence-corrected chi connectivity index (χ1v) is 6.22. The van der Waals surface area contributed by atoms with Crippen LogP contribution in [0.25, 0.3) is 0 Å². The maximum atomic E-state index is 10.7. The number of hydrogen-bond donors (Lipinski definition) is 2. The van der Waals surface area contributed by atoms with Gasteiger partial charge in [0.05, 0.1) is 0 Å². The van der Waals surface area contributed by atoms with Crippen LogP contribution in [0.1, 0.15) is 21.9 Å². The molecule has 0 aliphatic heterocycles. The molecule has 2 rings (SSSR count). The van der Waals surface area contributed by atoms with Crippen LogP contribution >= 0.6 is 0 Å². The molecule has 23 heavy (non-hydrogen) atoms. The summed E-state index contributed by atoms with van der Waals surface area (Å²) in [6.07, 6.45) is -3.52. The van der Waals surface area contributed by atoms with Gasteiger partial charge in [0.15, 0.2) is 5.69 Å². The number of nitrogens with zero attached hydrogens (tertiary/aromatic N) is 2. The van der Waals surface area contributed by atoms with Crippen molar-refractivity contribution in [3.8, 4) is 0 Å². The maximum Gasteiger partial charge on any atom is 0.490 e. The Morgan fingerprint density at radius 1 is 1.17 bits per heavy atom. The summed E-state index contributed by atoms with van der Waals surface area (Å²) in [4.78, 5) is 23.6. The van der Waals surface area contributed by atoms with Crippen molar-refractivity contribution in [3.05, 3.63) is 53.6 Å². The number of carbonyl (C=O) groups is 2. The molecule has 0 spiro atoms. The first-order chi connectivity index (χ1) is 10.6. The predicted octanol–water partition coefficient (Wildman–Crippen LogP) is 2.57. The highest BCUT2D eigenvalue weighted by molar-refractivity contribution is 5.85. The van der Waals surface area contributed by atoms with Crippen LogP contribution in [-0.2, 0) is 11.3 Å². The van der Waals surface area contributed by atoms with E-state index in [1.165, 1.54) is 0 Å². The number of aromatic nitrogens is 2. The number of benzene rings is 1. The zero-order chi connectivity index (χ0) is 17.6. The number of hydrogen-bond acceptors (Lipinski definition) is 3. The third-order valence-electron chi connectivity index (χ3n) is 2.63. The van der Waals surface area contributed by atoms with Crippen LogP contribution in [0.4, 0.5) is 13.2 Å². The van der Waals surface area contributed by atoms with Gasteiger partial charge in [-0.1, -0.05) is 30.3 Å². The summed E-state index contributed by atoms with van der Waals surface area (Å²) < 4.78 is 33.6. The van der Waals surface area contributed by atoms with Gasteiger partial charge in [0.25, 0.3) is 0 Å². The average molecular weight is 330 g/mol. The smallest absolute Gasteiger partial charge is 0.476 e. The van der Waals surface area contributed by atoms with E-state index in [1.807, 2.05) is 34.9 Å². The lowest BCUT2D eigenvalue weighted by Gasteiger charge is -2.03. The Hall–Kier alpha value is -2.84. The monoisotopic (exact) mass is 330 g/mol. The standard InChI is InChI=1S/C12H12N2O2.C2HF3O2/c1-9-13-11(12(15)16)8-14(9)7-10-5-3-2-4-6-10;3-2(4,5)1(6)7/h2-6,8H,7H2,1H3,(H,15,16);(H,6,7). The molecule has 0 amide bonds. The van der Waals surface area contributed by atoms with Crippen molar-refractivity contribution in [1.29, 1.82) is 0 Å². The Morgan fingerprint density at radius 2 is 1.70 bits per heavy atom. The van der Waals surface area contributed by atoms with Gasteiger partial charge in [-0.15, -0.1) is 0 Å². The molecule has 0 fully saturated rings. The molecule has 2 aromatic rings. The molecule has 0 atom stereocenters. The van der Waals surface area contributed by atoms with Crippen molar-refractivity contribution < 1.29 is 33.0 Å². The number of aromatic carboxylic acids is 1. The van der Waals surface area contributed by atoms with Crippen molar-refractivity contribution in [2.75, 3.05) is 0 Å². The molecule has 124 valence electrons. The van der Waals surface area contributed by atoms with Crippen LogP contribution in [-0.4, -0.2) is 37.9 Å². The van der Waals surface area contributed by atoms with Gasteiger partial charge in [0, 0.05) is 12.7 Å². The normalized spacial score (nSPS) is 10.6. The molecule has 1 heterocycles. The van der Waals surface area contributed by atoms with Crippen LogP contribution in [0.5, 0.6) is 0 Å². The van der Waals surface area contributed by atoms with Crippen LogP contribution < -0.4 is 0 Å². The number of halogens is 3. The van der Waals surface area contributed by atoms with Gasteiger partial charge in [-0.3, -0.25) is 0 Å². The highest BCUT2D eigenvalue weighted by Crippen LogP contribution is 2.13. The zero-order valence-corrected chi connectivity index (χ0v) is 11.9. The fraction of sp³-hybridized carbons (Fsp3) is 0.214. The van der Waals surface area contributed by atoms with Crippen LogP contribution in [0, 0.1) is 6.92 Å². The number of imidazole rings is 1. The summed E-state index contributed by atoms with van der Waals surface area (Å²) in [6.45, 7) is 2.45. The molecule has 6 nitrogen and oxygen atoms in total. The molecule has 0 saturated heterocycles. The second-order valence-corrected chi connectivity index (χ2v) is 4.39. The molecule has 0 aliphatic carbocycles. The summed E-state index contributed by atoms with van der Waals surface area (Å²) >= 11 is 0. The molecule has 0 saturated carbocycles. The van der Waals surface area contributed by atoms with E-state index in [2.05, 4.69) is 4.98 Å². The van der Waals surface area contributed by atoms with E-state index in [1.54, 1.807) is 13.1 Å². The molecule has 0 aliphatic rings. The van der Waals surface area contributed by atoms with E-state index in [4.69, 9.17) is 15.0 Å². The van der Waals surface area contributed by atoms with Crippen molar-refractivity contribution in [2.24, 2.45) is 0 Å². The van der Waals surface area contributed by atoms with Crippen molar-refractivity contribution in [1.82, 2.24) is 9.55 Å². The van der Waals surface area contributed by atoms with Gasteiger partial charge in [-0.05, 0) is 12.5 Å². The number of rotatable bonds is 3. The predicted molar refractivity (Wildman–Crippen MR) is 73.2 cm³/mol. The molecule has 9 heteroatoms.